The fourth-order valence-electron chi connectivity index (χ4n) is 2.66. The van der Waals surface area contributed by atoms with Crippen LogP contribution < -0.4 is 5.32 Å². The molecule has 1 fully saturated rings. The summed E-state index contributed by atoms with van der Waals surface area (Å²) in [5.74, 6) is -1.20. The predicted molar refractivity (Wildman–Crippen MR) is 77.9 cm³/mol. The summed E-state index contributed by atoms with van der Waals surface area (Å²) in [5, 5.41) is 24.7. The molecule has 116 valence electrons. The van der Waals surface area contributed by atoms with Gasteiger partial charge in [0.15, 0.2) is 0 Å². The number of aromatic nitrogens is 4. The Morgan fingerprint density at radius 2 is 2.09 bits per heavy atom. The number of tetrazole rings is 1. The normalized spacial score (nSPS) is 21.5. The molecule has 3 rings (SSSR count). The lowest BCUT2D eigenvalue weighted by molar-refractivity contribution is -0.142. The molecule has 0 atom stereocenters. The van der Waals surface area contributed by atoms with Crippen LogP contribution in [0.4, 0.5) is 0 Å². The van der Waals surface area contributed by atoms with E-state index in [2.05, 4.69) is 20.8 Å². The fraction of sp³-hybridized carbons (Fsp3) is 0.462. The average Bonchev–Trinajstić information content (AvgIpc) is 3.18. The molecule has 1 amide bonds. The van der Waals surface area contributed by atoms with E-state index in [0.29, 0.717) is 36.2 Å². The van der Waals surface area contributed by atoms with Crippen LogP contribution in [0, 0.1) is 5.92 Å². The molecule has 9 heteroatoms. The number of aliphatic carboxylic acids is 1. The molecular weight excluding hydrogens is 306 g/mol. The van der Waals surface area contributed by atoms with Crippen LogP contribution in [0.15, 0.2) is 17.8 Å². The summed E-state index contributed by atoms with van der Waals surface area (Å²) < 4.78 is 1.45. The maximum atomic E-state index is 12.4. The second-order valence-electron chi connectivity index (χ2n) is 5.25. The second kappa shape index (κ2) is 6.22. The maximum Gasteiger partial charge on any atom is 0.306 e. The summed E-state index contributed by atoms with van der Waals surface area (Å²) in [5.41, 5.74) is 0.645. The van der Waals surface area contributed by atoms with Crippen LogP contribution in [0.3, 0.4) is 0 Å². The first-order chi connectivity index (χ1) is 10.6. The molecule has 22 heavy (non-hydrogen) atoms. The summed E-state index contributed by atoms with van der Waals surface area (Å²) in [4.78, 5) is 23.9. The number of nitrogens with one attached hydrogen (secondary N) is 1. The van der Waals surface area contributed by atoms with Crippen molar-refractivity contribution >= 4 is 23.2 Å². The second-order valence-corrected chi connectivity index (χ2v) is 6.17. The van der Waals surface area contributed by atoms with E-state index in [1.807, 2.05) is 5.38 Å². The minimum Gasteiger partial charge on any atom is -0.481 e. The molecule has 0 aliphatic heterocycles. The number of amides is 1. The van der Waals surface area contributed by atoms with Gasteiger partial charge in [0.25, 0.3) is 5.91 Å². The standard InChI is InChI=1S/C13H15N5O3S/c19-12(15-9-3-1-8(2-4-9)13(20)21)11-10(5-6-22-11)18-7-14-16-17-18/h5-9H,1-4H2,(H,15,19)(H,20,21). The molecule has 8 nitrogen and oxygen atoms in total. The van der Waals surface area contributed by atoms with Crippen LogP contribution in [0.1, 0.15) is 35.4 Å². The molecule has 0 unspecified atom stereocenters. The van der Waals surface area contributed by atoms with Gasteiger partial charge in [-0.05, 0) is 47.6 Å². The number of carboxylic acid groups (broad SMARTS) is 1. The van der Waals surface area contributed by atoms with Gasteiger partial charge in [-0.15, -0.1) is 16.4 Å². The van der Waals surface area contributed by atoms with E-state index < -0.39 is 5.97 Å². The van der Waals surface area contributed by atoms with Gasteiger partial charge >= 0.3 is 5.97 Å². The number of carbonyl (C=O) groups is 2. The summed E-state index contributed by atoms with van der Waals surface area (Å²) in [7, 11) is 0. The topological polar surface area (TPSA) is 110 Å². The van der Waals surface area contributed by atoms with E-state index in [-0.39, 0.29) is 17.9 Å². The third-order valence-electron chi connectivity index (χ3n) is 3.86. The molecule has 0 aromatic carbocycles. The number of hydrogen-bond donors (Lipinski definition) is 2. The quantitative estimate of drug-likeness (QED) is 0.872. The van der Waals surface area contributed by atoms with Crippen LogP contribution in [0.5, 0.6) is 0 Å². The van der Waals surface area contributed by atoms with Crippen molar-refractivity contribution in [2.45, 2.75) is 31.7 Å². The number of thiophene rings is 1. The molecule has 2 N–H and O–H groups in total. The highest BCUT2D eigenvalue weighted by Gasteiger charge is 2.27. The molecule has 2 aromatic heterocycles. The van der Waals surface area contributed by atoms with Gasteiger partial charge in [-0.2, -0.15) is 4.68 Å². The molecule has 1 aliphatic carbocycles. The molecule has 2 heterocycles. The van der Waals surface area contributed by atoms with Gasteiger partial charge in [-0.3, -0.25) is 9.59 Å². The minimum absolute atomic E-state index is 0.0203. The van der Waals surface area contributed by atoms with E-state index in [0.717, 1.165) is 0 Å². The van der Waals surface area contributed by atoms with Gasteiger partial charge in [0, 0.05) is 6.04 Å². The van der Waals surface area contributed by atoms with Crippen LogP contribution in [0.2, 0.25) is 0 Å². The summed E-state index contributed by atoms with van der Waals surface area (Å²) in [6.45, 7) is 0. The van der Waals surface area contributed by atoms with Gasteiger partial charge in [-0.1, -0.05) is 0 Å². The Hall–Kier alpha value is -2.29. The Kier molecular flexibility index (Phi) is 4.14. The van der Waals surface area contributed by atoms with Gasteiger partial charge in [0.2, 0.25) is 0 Å². The van der Waals surface area contributed by atoms with E-state index >= 15 is 0 Å². The van der Waals surface area contributed by atoms with Crippen molar-refractivity contribution in [2.24, 2.45) is 5.92 Å². The molecule has 0 radical (unpaired) electrons. The number of rotatable bonds is 4. The van der Waals surface area contributed by atoms with Crippen LogP contribution in [-0.2, 0) is 4.79 Å². The summed E-state index contributed by atoms with van der Waals surface area (Å²) >= 11 is 1.33. The first-order valence-corrected chi connectivity index (χ1v) is 7.87. The van der Waals surface area contributed by atoms with E-state index in [1.165, 1.54) is 22.3 Å². The van der Waals surface area contributed by atoms with Crippen molar-refractivity contribution in [3.05, 3.63) is 22.7 Å². The zero-order valence-corrected chi connectivity index (χ0v) is 12.5. The summed E-state index contributed by atoms with van der Waals surface area (Å²) in [6.07, 6.45) is 4.02. The van der Waals surface area contributed by atoms with Gasteiger partial charge in [-0.25, -0.2) is 0 Å². The third-order valence-corrected chi connectivity index (χ3v) is 4.76. The van der Waals surface area contributed by atoms with Gasteiger partial charge in [0.05, 0.1) is 11.6 Å². The Labute approximate surface area is 130 Å². The number of carboxylic acids is 1. The Bertz CT molecular complexity index is 661. The number of hydrogen-bond acceptors (Lipinski definition) is 6. The number of nitrogens with zero attached hydrogens (tertiary/aromatic N) is 4. The fourth-order valence-corrected chi connectivity index (χ4v) is 3.44. The molecule has 0 saturated heterocycles. The van der Waals surface area contributed by atoms with Crippen LogP contribution in [-0.4, -0.2) is 43.2 Å². The first-order valence-electron chi connectivity index (χ1n) is 6.99. The van der Waals surface area contributed by atoms with Crippen molar-refractivity contribution in [1.29, 1.82) is 0 Å². The van der Waals surface area contributed by atoms with Crippen molar-refractivity contribution in [3.8, 4) is 5.69 Å². The SMILES string of the molecule is O=C(NC1CCC(C(=O)O)CC1)c1sccc1-n1cnnn1. The molecule has 1 aliphatic rings. The zero-order chi connectivity index (χ0) is 15.5. The van der Waals surface area contributed by atoms with Crippen molar-refractivity contribution in [3.63, 3.8) is 0 Å². The molecule has 0 bridgehead atoms. The van der Waals surface area contributed by atoms with Crippen molar-refractivity contribution < 1.29 is 14.7 Å². The number of carbonyl (C=O) groups excluding carboxylic acids is 1. The zero-order valence-electron chi connectivity index (χ0n) is 11.7. The van der Waals surface area contributed by atoms with Gasteiger partial charge in [0.1, 0.15) is 11.2 Å². The third kappa shape index (κ3) is 2.98. The molecule has 0 spiro atoms. The highest BCUT2D eigenvalue weighted by atomic mass is 32.1. The lowest BCUT2D eigenvalue weighted by atomic mass is 9.86. The average molecular weight is 321 g/mol. The van der Waals surface area contributed by atoms with E-state index in [4.69, 9.17) is 5.11 Å². The smallest absolute Gasteiger partial charge is 0.306 e. The lowest BCUT2D eigenvalue weighted by Crippen LogP contribution is -2.38. The molecule has 1 saturated carbocycles. The predicted octanol–water partition coefficient (Wildman–Crippen LogP) is 1.10. The monoisotopic (exact) mass is 321 g/mol. The lowest BCUT2D eigenvalue weighted by Gasteiger charge is -2.26. The van der Waals surface area contributed by atoms with E-state index in [1.54, 1.807) is 6.07 Å². The highest BCUT2D eigenvalue weighted by Crippen LogP contribution is 2.26. The Morgan fingerprint density at radius 1 is 1.32 bits per heavy atom. The van der Waals surface area contributed by atoms with Crippen molar-refractivity contribution in [1.82, 2.24) is 25.5 Å². The Morgan fingerprint density at radius 3 is 2.73 bits per heavy atom. The molecular formula is C13H15N5O3S. The van der Waals surface area contributed by atoms with Crippen molar-refractivity contribution in [2.75, 3.05) is 0 Å². The van der Waals surface area contributed by atoms with E-state index in [9.17, 15) is 9.59 Å². The maximum absolute atomic E-state index is 12.4. The minimum atomic E-state index is -0.746. The highest BCUT2D eigenvalue weighted by molar-refractivity contribution is 7.12. The van der Waals surface area contributed by atoms with Crippen LogP contribution >= 0.6 is 11.3 Å². The largest absolute Gasteiger partial charge is 0.481 e. The molecule has 2 aromatic rings. The summed E-state index contributed by atoms with van der Waals surface area (Å²) in [6, 6.07) is 1.81. The Balaban J connectivity index is 1.64. The first kappa shape index (κ1) is 14.6. The van der Waals surface area contributed by atoms with Crippen LogP contribution in [0.25, 0.3) is 5.69 Å². The van der Waals surface area contributed by atoms with Gasteiger partial charge < -0.3 is 10.4 Å².